The summed E-state index contributed by atoms with van der Waals surface area (Å²) in [5.41, 5.74) is 3.54. The van der Waals surface area contributed by atoms with E-state index in [1.807, 2.05) is 31.2 Å². The van der Waals surface area contributed by atoms with Crippen LogP contribution in [0.2, 0.25) is 0 Å². The first-order valence-corrected chi connectivity index (χ1v) is 7.18. The Morgan fingerprint density at radius 2 is 2.17 bits per heavy atom. The number of hydrogen-bond acceptors (Lipinski definition) is 4. The fourth-order valence-electron chi connectivity index (χ4n) is 2.81. The van der Waals surface area contributed by atoms with Crippen LogP contribution in [-0.4, -0.2) is 31.1 Å². The number of carboxylic acid groups (broad SMARTS) is 1. The van der Waals surface area contributed by atoms with E-state index in [-0.39, 0.29) is 13.1 Å². The van der Waals surface area contributed by atoms with Crippen molar-refractivity contribution in [1.82, 2.24) is 19.9 Å². The van der Waals surface area contributed by atoms with E-state index in [1.165, 1.54) is 11.2 Å². The Balaban J connectivity index is 1.67. The molecule has 1 aliphatic rings. The third-order valence-corrected chi connectivity index (χ3v) is 3.90. The number of fused-ring (bicyclic) bond motifs is 2. The van der Waals surface area contributed by atoms with Crippen LogP contribution in [0, 0.1) is 6.92 Å². The summed E-state index contributed by atoms with van der Waals surface area (Å²) in [6.07, 6.45) is 0.427. The number of aromatic amines is 1. The summed E-state index contributed by atoms with van der Waals surface area (Å²) in [7, 11) is 0. The van der Waals surface area contributed by atoms with Crippen molar-refractivity contribution >= 4 is 17.0 Å². The van der Waals surface area contributed by atoms with Crippen molar-refractivity contribution in [3.05, 3.63) is 47.5 Å². The van der Waals surface area contributed by atoms with E-state index in [2.05, 4.69) is 15.0 Å². The Kier molecular flexibility index (Phi) is 2.94. The number of aromatic nitrogens is 3. The molecule has 3 heterocycles. The monoisotopic (exact) mass is 310 g/mol. The van der Waals surface area contributed by atoms with Crippen LogP contribution in [0.4, 0.5) is 4.79 Å². The summed E-state index contributed by atoms with van der Waals surface area (Å²) in [6.45, 7) is 2.50. The third kappa shape index (κ3) is 2.36. The molecule has 0 aliphatic carbocycles. The molecule has 1 aliphatic heterocycles. The van der Waals surface area contributed by atoms with Gasteiger partial charge in [0.15, 0.2) is 0 Å². The van der Waals surface area contributed by atoms with Crippen molar-refractivity contribution in [3.63, 3.8) is 0 Å². The Bertz CT molecular complexity index is 919. The van der Waals surface area contributed by atoms with Crippen molar-refractivity contribution in [2.45, 2.75) is 20.0 Å². The highest BCUT2D eigenvalue weighted by molar-refractivity contribution is 5.81. The van der Waals surface area contributed by atoms with Crippen LogP contribution in [0.1, 0.15) is 17.0 Å². The van der Waals surface area contributed by atoms with Gasteiger partial charge < -0.3 is 14.8 Å². The average molecular weight is 310 g/mol. The third-order valence-electron chi connectivity index (χ3n) is 3.90. The van der Waals surface area contributed by atoms with Gasteiger partial charge in [-0.05, 0) is 31.2 Å². The van der Waals surface area contributed by atoms with Gasteiger partial charge >= 0.3 is 6.09 Å². The fourth-order valence-corrected chi connectivity index (χ4v) is 2.81. The van der Waals surface area contributed by atoms with Crippen LogP contribution in [-0.2, 0) is 13.1 Å². The standard InChI is InChI=1S/C16H14N4O3/c1-9-4-10-5-11(2-3-13(10)19-9)23-15-12-6-20(16(21)22)7-14(12)17-8-18-15/h2-5,8,19H,6-7H2,1H3,(H,21,22). The van der Waals surface area contributed by atoms with Gasteiger partial charge in [0.25, 0.3) is 0 Å². The smallest absolute Gasteiger partial charge is 0.407 e. The molecule has 2 N–H and O–H groups in total. The zero-order chi connectivity index (χ0) is 16.0. The lowest BCUT2D eigenvalue weighted by molar-refractivity contribution is 0.144. The number of nitrogens with one attached hydrogen (secondary N) is 1. The minimum Gasteiger partial charge on any atom is -0.465 e. The molecule has 3 aromatic rings. The molecule has 0 saturated carbocycles. The van der Waals surface area contributed by atoms with Gasteiger partial charge in [0, 0.05) is 16.6 Å². The number of hydrogen-bond donors (Lipinski definition) is 2. The molecule has 1 aromatic carbocycles. The van der Waals surface area contributed by atoms with E-state index in [0.29, 0.717) is 17.3 Å². The summed E-state index contributed by atoms with van der Waals surface area (Å²) >= 11 is 0. The quantitative estimate of drug-likeness (QED) is 0.759. The maximum Gasteiger partial charge on any atom is 0.407 e. The van der Waals surface area contributed by atoms with Crippen molar-refractivity contribution in [2.75, 3.05) is 0 Å². The molecule has 2 aromatic heterocycles. The van der Waals surface area contributed by atoms with Gasteiger partial charge in [-0.25, -0.2) is 14.8 Å². The molecule has 116 valence electrons. The predicted molar refractivity (Wildman–Crippen MR) is 82.4 cm³/mol. The van der Waals surface area contributed by atoms with E-state index >= 15 is 0 Å². The normalized spacial score (nSPS) is 13.3. The van der Waals surface area contributed by atoms with Crippen LogP contribution in [0.3, 0.4) is 0 Å². The van der Waals surface area contributed by atoms with Crippen molar-refractivity contribution in [2.24, 2.45) is 0 Å². The second-order valence-corrected chi connectivity index (χ2v) is 5.55. The van der Waals surface area contributed by atoms with Crippen LogP contribution in [0.15, 0.2) is 30.6 Å². The summed E-state index contributed by atoms with van der Waals surface area (Å²) in [6, 6.07) is 7.77. The SMILES string of the molecule is Cc1cc2cc(Oc3ncnc4c3CN(C(=O)O)C4)ccc2[nH]1. The summed E-state index contributed by atoms with van der Waals surface area (Å²) < 4.78 is 5.88. The number of benzene rings is 1. The van der Waals surface area contributed by atoms with Gasteiger partial charge in [-0.1, -0.05) is 0 Å². The summed E-state index contributed by atoms with van der Waals surface area (Å²) in [5.74, 6) is 1.07. The van der Waals surface area contributed by atoms with Gasteiger partial charge in [-0.15, -0.1) is 0 Å². The van der Waals surface area contributed by atoms with Crippen LogP contribution < -0.4 is 4.74 Å². The molecule has 0 spiro atoms. The van der Waals surface area contributed by atoms with Crippen LogP contribution in [0.25, 0.3) is 10.9 Å². The maximum atomic E-state index is 11.1. The van der Waals surface area contributed by atoms with Crippen LogP contribution in [0.5, 0.6) is 11.6 Å². The Labute approximate surface area is 131 Å². The zero-order valence-corrected chi connectivity index (χ0v) is 12.4. The number of nitrogens with zero attached hydrogens (tertiary/aromatic N) is 3. The van der Waals surface area contributed by atoms with Gasteiger partial charge in [0.1, 0.15) is 12.1 Å². The van der Waals surface area contributed by atoms with Crippen molar-refractivity contribution in [1.29, 1.82) is 0 Å². The van der Waals surface area contributed by atoms with E-state index in [4.69, 9.17) is 9.84 Å². The lowest BCUT2D eigenvalue weighted by Crippen LogP contribution is -2.22. The molecule has 0 radical (unpaired) electrons. The molecule has 0 unspecified atom stereocenters. The second kappa shape index (κ2) is 4.98. The number of ether oxygens (including phenoxy) is 1. The van der Waals surface area contributed by atoms with Gasteiger partial charge in [0.05, 0.1) is 24.3 Å². The molecule has 0 fully saturated rings. The van der Waals surface area contributed by atoms with E-state index in [9.17, 15) is 4.79 Å². The molecule has 7 heteroatoms. The summed E-state index contributed by atoms with van der Waals surface area (Å²) in [5, 5.41) is 10.2. The van der Waals surface area contributed by atoms with Gasteiger partial charge in [0.2, 0.25) is 5.88 Å². The minimum absolute atomic E-state index is 0.242. The number of aryl methyl sites for hydroxylation is 1. The Morgan fingerprint density at radius 3 is 3.00 bits per heavy atom. The Morgan fingerprint density at radius 1 is 1.30 bits per heavy atom. The van der Waals surface area contributed by atoms with E-state index < -0.39 is 6.09 Å². The lowest BCUT2D eigenvalue weighted by atomic mass is 10.2. The molecule has 1 amide bonds. The maximum absolute atomic E-state index is 11.1. The molecular weight excluding hydrogens is 296 g/mol. The highest BCUT2D eigenvalue weighted by Crippen LogP contribution is 2.31. The fraction of sp³-hybridized carbons (Fsp3) is 0.188. The summed E-state index contributed by atoms with van der Waals surface area (Å²) in [4.78, 5) is 24.0. The highest BCUT2D eigenvalue weighted by Gasteiger charge is 2.28. The van der Waals surface area contributed by atoms with Gasteiger partial charge in [-0.3, -0.25) is 4.90 Å². The molecular formula is C16H14N4O3. The van der Waals surface area contributed by atoms with Crippen LogP contribution >= 0.6 is 0 Å². The number of amides is 1. The van der Waals surface area contributed by atoms with Gasteiger partial charge in [-0.2, -0.15) is 0 Å². The molecule has 0 atom stereocenters. The van der Waals surface area contributed by atoms with E-state index in [1.54, 1.807) is 0 Å². The largest absolute Gasteiger partial charge is 0.465 e. The van der Waals surface area contributed by atoms with Crippen molar-refractivity contribution < 1.29 is 14.6 Å². The minimum atomic E-state index is -0.974. The van der Waals surface area contributed by atoms with E-state index in [0.717, 1.165) is 22.2 Å². The molecule has 4 rings (SSSR count). The number of rotatable bonds is 2. The predicted octanol–water partition coefficient (Wildman–Crippen LogP) is 3.05. The van der Waals surface area contributed by atoms with Crippen molar-refractivity contribution in [3.8, 4) is 11.6 Å². The first-order chi connectivity index (χ1) is 11.1. The molecule has 0 bridgehead atoms. The molecule has 0 saturated heterocycles. The highest BCUT2D eigenvalue weighted by atomic mass is 16.5. The average Bonchev–Trinajstić information content (AvgIpc) is 3.10. The lowest BCUT2D eigenvalue weighted by Gasteiger charge is -2.10. The first-order valence-electron chi connectivity index (χ1n) is 7.18. The Hall–Kier alpha value is -3.09. The zero-order valence-electron chi connectivity index (χ0n) is 12.4. The number of H-pyrrole nitrogens is 1. The molecule has 7 nitrogen and oxygen atoms in total. The first kappa shape index (κ1) is 13.6. The second-order valence-electron chi connectivity index (χ2n) is 5.55. The topological polar surface area (TPSA) is 91.3 Å². The number of carbonyl (C=O) groups is 1. The molecule has 23 heavy (non-hydrogen) atoms.